The molecule has 0 aliphatic heterocycles. The minimum Gasteiger partial charge on any atom is -0.444 e. The lowest BCUT2D eigenvalue weighted by molar-refractivity contribution is -0.162. The van der Waals surface area contributed by atoms with Gasteiger partial charge in [-0.2, -0.15) is 13.2 Å². The van der Waals surface area contributed by atoms with E-state index in [0.29, 0.717) is 0 Å². The van der Waals surface area contributed by atoms with Crippen LogP contribution in [-0.4, -0.2) is 77.1 Å². The van der Waals surface area contributed by atoms with E-state index in [2.05, 4.69) is 0 Å². The third-order valence-electron chi connectivity index (χ3n) is 4.83. The first-order valence-electron chi connectivity index (χ1n) is 9.94. The average molecular weight is 517 g/mol. The summed E-state index contributed by atoms with van der Waals surface area (Å²) in [6, 6.07) is 4.28. The van der Waals surface area contributed by atoms with Gasteiger partial charge in [-0.15, -0.1) is 0 Å². The third kappa shape index (κ3) is 8.51. The van der Waals surface area contributed by atoms with E-state index in [4.69, 9.17) is 27.9 Å². The summed E-state index contributed by atoms with van der Waals surface area (Å²) >= 11 is 12.2. The monoisotopic (exact) mass is 516 g/mol. The minimum absolute atomic E-state index is 0.0823. The van der Waals surface area contributed by atoms with E-state index in [1.54, 1.807) is 20.8 Å². The van der Waals surface area contributed by atoms with E-state index in [1.807, 2.05) is 0 Å². The SMILES string of the molecule is CN(C[C@](CC(O)CO)(c1ccc(Cl)c(Cl)c1)N(C)C(=O)OC(C)(C)C)C(=O)CC(F)(F)F. The maximum absolute atomic E-state index is 13.0. The third-order valence-corrected chi connectivity index (χ3v) is 5.57. The lowest BCUT2D eigenvalue weighted by atomic mass is 9.82. The Bertz CT molecular complexity index is 848. The van der Waals surface area contributed by atoms with Crippen LogP contribution in [0, 0.1) is 0 Å². The van der Waals surface area contributed by atoms with E-state index in [0.717, 1.165) is 16.8 Å². The van der Waals surface area contributed by atoms with Crippen molar-refractivity contribution in [3.63, 3.8) is 0 Å². The number of nitrogens with zero attached hydrogens (tertiary/aromatic N) is 2. The number of rotatable bonds is 8. The molecule has 0 aromatic heterocycles. The highest BCUT2D eigenvalue weighted by Gasteiger charge is 2.45. The second kappa shape index (κ2) is 11.1. The second-order valence-corrected chi connectivity index (χ2v) is 9.60. The number of alkyl halides is 3. The predicted molar refractivity (Wildman–Crippen MR) is 118 cm³/mol. The molecule has 0 aliphatic carbocycles. The van der Waals surface area contributed by atoms with Crippen LogP contribution < -0.4 is 0 Å². The summed E-state index contributed by atoms with van der Waals surface area (Å²) in [4.78, 5) is 27.2. The number of benzene rings is 1. The number of aliphatic hydroxyl groups excluding tert-OH is 2. The molecule has 2 N–H and O–H groups in total. The Balaban J connectivity index is 3.64. The summed E-state index contributed by atoms with van der Waals surface area (Å²) in [6.45, 7) is 3.71. The molecule has 2 amide bonds. The smallest absolute Gasteiger partial charge is 0.410 e. The summed E-state index contributed by atoms with van der Waals surface area (Å²) in [6.07, 6.45) is -9.05. The molecule has 188 valence electrons. The van der Waals surface area contributed by atoms with Crippen LogP contribution in [0.15, 0.2) is 18.2 Å². The minimum atomic E-state index is -4.74. The Labute approximate surface area is 201 Å². The largest absolute Gasteiger partial charge is 0.444 e. The molecule has 0 fully saturated rings. The topological polar surface area (TPSA) is 90.3 Å². The van der Waals surface area contributed by atoms with Crippen LogP contribution in [0.25, 0.3) is 0 Å². The molecule has 33 heavy (non-hydrogen) atoms. The molecular formula is C21H29Cl2F3N2O5. The zero-order chi connectivity index (χ0) is 25.8. The van der Waals surface area contributed by atoms with Crippen molar-refractivity contribution in [3.8, 4) is 0 Å². The van der Waals surface area contributed by atoms with E-state index in [9.17, 15) is 33.0 Å². The number of hydrogen-bond acceptors (Lipinski definition) is 5. The zero-order valence-electron chi connectivity index (χ0n) is 19.0. The van der Waals surface area contributed by atoms with Crippen molar-refractivity contribution in [2.75, 3.05) is 27.2 Å². The van der Waals surface area contributed by atoms with Crippen LogP contribution in [0.5, 0.6) is 0 Å². The van der Waals surface area contributed by atoms with Crippen LogP contribution in [0.1, 0.15) is 39.2 Å². The first-order valence-corrected chi connectivity index (χ1v) is 10.7. The number of ether oxygens (including phenoxy) is 1. The summed E-state index contributed by atoms with van der Waals surface area (Å²) in [7, 11) is 2.47. The van der Waals surface area contributed by atoms with Gasteiger partial charge in [-0.1, -0.05) is 29.3 Å². The van der Waals surface area contributed by atoms with Gasteiger partial charge < -0.3 is 19.8 Å². The van der Waals surface area contributed by atoms with Gasteiger partial charge in [-0.25, -0.2) is 4.79 Å². The van der Waals surface area contributed by atoms with Crippen molar-refractivity contribution < 1.29 is 37.7 Å². The van der Waals surface area contributed by atoms with Gasteiger partial charge in [0.1, 0.15) is 12.0 Å². The highest BCUT2D eigenvalue weighted by atomic mass is 35.5. The molecule has 0 saturated heterocycles. The van der Waals surface area contributed by atoms with Gasteiger partial charge in [0, 0.05) is 27.1 Å². The highest BCUT2D eigenvalue weighted by Crippen LogP contribution is 2.38. The number of carbonyl (C=O) groups excluding carboxylic acids is 2. The van der Waals surface area contributed by atoms with Gasteiger partial charge in [0.05, 0.1) is 28.3 Å². The fraction of sp³-hybridized carbons (Fsp3) is 0.619. The molecule has 0 radical (unpaired) electrons. The molecule has 0 heterocycles. The van der Waals surface area contributed by atoms with Gasteiger partial charge in [-0.3, -0.25) is 9.69 Å². The fourth-order valence-electron chi connectivity index (χ4n) is 3.24. The first kappa shape index (κ1) is 29.3. The number of aliphatic hydroxyl groups is 2. The van der Waals surface area contributed by atoms with E-state index in [-0.39, 0.29) is 22.0 Å². The van der Waals surface area contributed by atoms with Crippen molar-refractivity contribution in [1.29, 1.82) is 0 Å². The molecule has 1 unspecified atom stereocenters. The standard InChI is InChI=1S/C21H29Cl2F3N2O5/c1-19(2,3)33-18(32)28(5)20(9-14(30)11-29,13-6-7-15(22)16(23)8-13)12-27(4)17(31)10-21(24,25)26/h6-8,14,29-30H,9-12H2,1-5H3/t14?,20-/m1/s1. The van der Waals surface area contributed by atoms with Gasteiger partial charge in [0.2, 0.25) is 5.91 Å². The van der Waals surface area contributed by atoms with Crippen molar-refractivity contribution in [3.05, 3.63) is 33.8 Å². The number of halogens is 5. The molecular weight excluding hydrogens is 488 g/mol. The quantitative estimate of drug-likeness (QED) is 0.540. The molecule has 1 aromatic carbocycles. The van der Waals surface area contributed by atoms with E-state index >= 15 is 0 Å². The van der Waals surface area contributed by atoms with Gasteiger partial charge in [-0.05, 0) is 38.5 Å². The van der Waals surface area contributed by atoms with Gasteiger partial charge >= 0.3 is 12.3 Å². The Morgan fingerprint density at radius 1 is 1.12 bits per heavy atom. The molecule has 0 spiro atoms. The maximum Gasteiger partial charge on any atom is 0.410 e. The molecule has 0 bridgehead atoms. The Kier molecular flexibility index (Phi) is 9.86. The summed E-state index contributed by atoms with van der Waals surface area (Å²) < 4.78 is 43.9. The van der Waals surface area contributed by atoms with Crippen molar-refractivity contribution in [1.82, 2.24) is 9.80 Å². The predicted octanol–water partition coefficient (Wildman–Crippen LogP) is 4.21. The van der Waals surface area contributed by atoms with Crippen LogP contribution >= 0.6 is 23.2 Å². The van der Waals surface area contributed by atoms with Crippen molar-refractivity contribution in [2.24, 2.45) is 0 Å². The van der Waals surface area contributed by atoms with Crippen molar-refractivity contribution >= 4 is 35.2 Å². The Morgan fingerprint density at radius 3 is 2.15 bits per heavy atom. The summed E-state index contributed by atoms with van der Waals surface area (Å²) in [5.74, 6) is -1.25. The molecule has 0 saturated carbocycles. The lowest BCUT2D eigenvalue weighted by Gasteiger charge is -2.45. The molecule has 1 rings (SSSR count). The van der Waals surface area contributed by atoms with Crippen LogP contribution in [-0.2, 0) is 15.1 Å². The first-order chi connectivity index (χ1) is 14.9. The van der Waals surface area contributed by atoms with Crippen LogP contribution in [0.3, 0.4) is 0 Å². The van der Waals surface area contributed by atoms with E-state index < -0.39 is 55.0 Å². The van der Waals surface area contributed by atoms with Gasteiger partial charge in [0.25, 0.3) is 0 Å². The fourth-order valence-corrected chi connectivity index (χ4v) is 3.54. The average Bonchev–Trinajstić information content (AvgIpc) is 2.65. The number of carbonyl (C=O) groups is 2. The van der Waals surface area contributed by atoms with E-state index in [1.165, 1.54) is 25.2 Å². The van der Waals surface area contributed by atoms with Crippen molar-refractivity contribution in [2.45, 2.75) is 57.0 Å². The Hall–Kier alpha value is -1.75. The Morgan fingerprint density at radius 2 is 1.70 bits per heavy atom. The second-order valence-electron chi connectivity index (χ2n) is 8.78. The normalized spacial score (nSPS) is 14.9. The molecule has 7 nitrogen and oxygen atoms in total. The highest BCUT2D eigenvalue weighted by molar-refractivity contribution is 6.42. The van der Waals surface area contributed by atoms with Crippen LogP contribution in [0.2, 0.25) is 10.0 Å². The zero-order valence-corrected chi connectivity index (χ0v) is 20.6. The summed E-state index contributed by atoms with van der Waals surface area (Å²) in [5.41, 5.74) is -2.28. The molecule has 12 heteroatoms. The molecule has 1 aromatic rings. The maximum atomic E-state index is 13.0. The van der Waals surface area contributed by atoms with Crippen LogP contribution in [0.4, 0.5) is 18.0 Å². The van der Waals surface area contributed by atoms with Gasteiger partial charge in [0.15, 0.2) is 0 Å². The summed E-state index contributed by atoms with van der Waals surface area (Å²) in [5, 5.41) is 20.1. The number of likely N-dealkylation sites (N-methyl/N-ethyl adjacent to an activating group) is 2. The molecule has 2 atom stereocenters. The molecule has 0 aliphatic rings. The number of hydrogen-bond donors (Lipinski definition) is 2. The number of amides is 2. The lowest BCUT2D eigenvalue weighted by Crippen LogP contribution is -2.57.